The molecule has 0 saturated heterocycles. The van der Waals surface area contributed by atoms with Crippen molar-refractivity contribution in [2.24, 2.45) is 0 Å². The van der Waals surface area contributed by atoms with Crippen LogP contribution in [0.5, 0.6) is 17.5 Å². The smallest absolute Gasteiger partial charge is 0.321 e. The Hall–Kier alpha value is -2.08. The Bertz CT molecular complexity index is 622. The number of benzene rings is 1. The molecule has 0 N–H and O–H groups in total. The lowest BCUT2D eigenvalue weighted by atomic mass is 10.1. The van der Waals surface area contributed by atoms with Crippen molar-refractivity contribution in [2.45, 2.75) is 13.3 Å². The summed E-state index contributed by atoms with van der Waals surface area (Å²) in [6.45, 7) is 2.50. The van der Waals surface area contributed by atoms with E-state index < -0.39 is 0 Å². The first-order valence-corrected chi connectivity index (χ1v) is 6.82. The van der Waals surface area contributed by atoms with Gasteiger partial charge in [-0.05, 0) is 36.2 Å². The highest BCUT2D eigenvalue weighted by Crippen LogP contribution is 2.32. The second-order valence-electron chi connectivity index (χ2n) is 4.13. The molecule has 6 nitrogen and oxygen atoms in total. The summed E-state index contributed by atoms with van der Waals surface area (Å²) in [5, 5.41) is 0.0657. The third kappa shape index (κ3) is 3.72. The summed E-state index contributed by atoms with van der Waals surface area (Å²) in [6.07, 6.45) is 0.848. The number of methoxy groups -OCH3 is 2. The average Bonchev–Trinajstić information content (AvgIpc) is 2.51. The van der Waals surface area contributed by atoms with Gasteiger partial charge in [0.1, 0.15) is 11.5 Å². The van der Waals surface area contributed by atoms with Crippen LogP contribution >= 0.6 is 11.6 Å². The van der Waals surface area contributed by atoms with Crippen molar-refractivity contribution in [1.29, 1.82) is 0 Å². The van der Waals surface area contributed by atoms with Crippen LogP contribution < -0.4 is 14.2 Å². The highest BCUT2D eigenvalue weighted by Gasteiger charge is 2.14. The van der Waals surface area contributed by atoms with Crippen molar-refractivity contribution in [3.8, 4) is 28.9 Å². The van der Waals surface area contributed by atoms with Crippen molar-refractivity contribution in [3.63, 3.8) is 0 Å². The van der Waals surface area contributed by atoms with Crippen LogP contribution in [0.4, 0.5) is 0 Å². The normalized spacial score (nSPS) is 10.3. The quantitative estimate of drug-likeness (QED) is 0.817. The Balaban J connectivity index is 2.47. The number of halogens is 1. The van der Waals surface area contributed by atoms with Gasteiger partial charge in [-0.3, -0.25) is 0 Å². The van der Waals surface area contributed by atoms with Crippen molar-refractivity contribution >= 4 is 11.6 Å². The van der Waals surface area contributed by atoms with E-state index in [0.717, 1.165) is 6.42 Å². The Morgan fingerprint density at radius 3 is 2.57 bits per heavy atom. The van der Waals surface area contributed by atoms with Crippen molar-refractivity contribution < 1.29 is 14.2 Å². The van der Waals surface area contributed by atoms with Crippen LogP contribution in [-0.2, 0) is 0 Å². The van der Waals surface area contributed by atoms with Gasteiger partial charge in [0.25, 0.3) is 0 Å². The zero-order valence-corrected chi connectivity index (χ0v) is 12.8. The molecule has 1 aromatic heterocycles. The summed E-state index contributed by atoms with van der Waals surface area (Å²) >= 11 is 5.93. The maximum atomic E-state index is 5.93. The predicted molar refractivity (Wildman–Crippen MR) is 79.2 cm³/mol. The van der Waals surface area contributed by atoms with E-state index in [1.54, 1.807) is 32.4 Å². The molecule has 0 radical (unpaired) electrons. The van der Waals surface area contributed by atoms with Gasteiger partial charge in [0.15, 0.2) is 5.82 Å². The molecule has 1 aromatic carbocycles. The van der Waals surface area contributed by atoms with Gasteiger partial charge in [-0.25, -0.2) is 0 Å². The third-order valence-corrected chi connectivity index (χ3v) is 2.84. The SMILES string of the molecule is CCCOc1nc(Cl)nc(-c2cc(OC)ccc2OC)n1. The number of ether oxygens (including phenoxy) is 3. The molecule has 0 aliphatic carbocycles. The van der Waals surface area contributed by atoms with Crippen LogP contribution in [0.2, 0.25) is 5.28 Å². The van der Waals surface area contributed by atoms with Gasteiger partial charge in [0.2, 0.25) is 5.28 Å². The van der Waals surface area contributed by atoms with Crippen LogP contribution in [0, 0.1) is 0 Å². The zero-order valence-electron chi connectivity index (χ0n) is 12.1. The molecule has 7 heteroatoms. The number of nitrogens with zero attached hydrogens (tertiary/aromatic N) is 3. The monoisotopic (exact) mass is 309 g/mol. The van der Waals surface area contributed by atoms with Crippen LogP contribution in [0.15, 0.2) is 18.2 Å². The minimum Gasteiger partial charge on any atom is -0.497 e. The summed E-state index contributed by atoms with van der Waals surface area (Å²) in [5.41, 5.74) is 0.655. The fourth-order valence-corrected chi connectivity index (χ4v) is 1.85. The fourth-order valence-electron chi connectivity index (χ4n) is 1.70. The van der Waals surface area contributed by atoms with Crippen molar-refractivity contribution in [3.05, 3.63) is 23.5 Å². The molecule has 2 rings (SSSR count). The fraction of sp³-hybridized carbons (Fsp3) is 0.357. The molecule has 0 aliphatic heterocycles. The molecule has 0 fully saturated rings. The zero-order chi connectivity index (χ0) is 15.2. The van der Waals surface area contributed by atoms with Crippen LogP contribution in [-0.4, -0.2) is 35.8 Å². The minimum absolute atomic E-state index is 0.0657. The Labute approximate surface area is 128 Å². The van der Waals surface area contributed by atoms with Gasteiger partial charge >= 0.3 is 6.01 Å². The Morgan fingerprint density at radius 2 is 1.90 bits per heavy atom. The molecule has 0 saturated carbocycles. The first-order chi connectivity index (χ1) is 10.2. The standard InChI is InChI=1S/C14H16ClN3O3/c1-4-7-21-14-17-12(16-13(15)18-14)10-8-9(19-2)5-6-11(10)20-3/h5-6,8H,4,7H2,1-3H3. The molecule has 0 bridgehead atoms. The van der Waals surface area contributed by atoms with Crippen LogP contribution in [0.3, 0.4) is 0 Å². The van der Waals surface area contributed by atoms with Crippen LogP contribution in [0.25, 0.3) is 11.4 Å². The lowest BCUT2D eigenvalue weighted by Crippen LogP contribution is -2.03. The summed E-state index contributed by atoms with van der Waals surface area (Å²) < 4.78 is 15.9. The molecular weight excluding hydrogens is 294 g/mol. The summed E-state index contributed by atoms with van der Waals surface area (Å²) in [4.78, 5) is 12.3. The van der Waals surface area contributed by atoms with Gasteiger partial charge in [0.05, 0.1) is 26.4 Å². The third-order valence-electron chi connectivity index (χ3n) is 2.67. The highest BCUT2D eigenvalue weighted by atomic mass is 35.5. The summed E-state index contributed by atoms with van der Waals surface area (Å²) in [7, 11) is 3.16. The number of hydrogen-bond donors (Lipinski definition) is 0. The van der Waals surface area contributed by atoms with E-state index in [-0.39, 0.29) is 11.3 Å². The van der Waals surface area contributed by atoms with E-state index >= 15 is 0 Å². The van der Waals surface area contributed by atoms with Gasteiger partial charge in [-0.1, -0.05) is 6.92 Å². The molecule has 0 amide bonds. The Kier molecular flexibility index (Phi) is 5.16. The lowest BCUT2D eigenvalue weighted by Gasteiger charge is -2.10. The Morgan fingerprint density at radius 1 is 1.10 bits per heavy atom. The number of aromatic nitrogens is 3. The van der Waals surface area contributed by atoms with E-state index in [2.05, 4.69) is 15.0 Å². The second kappa shape index (κ2) is 7.08. The van der Waals surface area contributed by atoms with E-state index in [0.29, 0.717) is 29.5 Å². The molecule has 21 heavy (non-hydrogen) atoms. The van der Waals surface area contributed by atoms with Gasteiger partial charge in [-0.2, -0.15) is 15.0 Å². The largest absolute Gasteiger partial charge is 0.497 e. The highest BCUT2D eigenvalue weighted by molar-refractivity contribution is 6.28. The lowest BCUT2D eigenvalue weighted by molar-refractivity contribution is 0.291. The first kappa shape index (κ1) is 15.3. The topological polar surface area (TPSA) is 66.4 Å². The predicted octanol–water partition coefficient (Wildman–Crippen LogP) is 3.00. The van der Waals surface area contributed by atoms with Crippen LogP contribution in [0.1, 0.15) is 13.3 Å². The molecule has 0 aliphatic rings. The number of rotatable bonds is 6. The second-order valence-corrected chi connectivity index (χ2v) is 4.46. The molecule has 0 unspecified atom stereocenters. The van der Waals surface area contributed by atoms with E-state index in [1.165, 1.54) is 0 Å². The van der Waals surface area contributed by atoms with E-state index in [1.807, 2.05) is 6.92 Å². The molecule has 0 spiro atoms. The maximum absolute atomic E-state index is 5.93. The molecule has 112 valence electrons. The average molecular weight is 310 g/mol. The van der Waals surface area contributed by atoms with Crippen molar-refractivity contribution in [2.75, 3.05) is 20.8 Å². The minimum atomic E-state index is 0.0657. The number of hydrogen-bond acceptors (Lipinski definition) is 6. The van der Waals surface area contributed by atoms with E-state index in [4.69, 9.17) is 25.8 Å². The molecule has 0 atom stereocenters. The van der Waals surface area contributed by atoms with Crippen molar-refractivity contribution in [1.82, 2.24) is 15.0 Å². The summed E-state index contributed by atoms with van der Waals surface area (Å²) in [6, 6.07) is 5.53. The van der Waals surface area contributed by atoms with Gasteiger partial charge < -0.3 is 14.2 Å². The maximum Gasteiger partial charge on any atom is 0.321 e. The van der Waals surface area contributed by atoms with E-state index in [9.17, 15) is 0 Å². The molecular formula is C14H16ClN3O3. The first-order valence-electron chi connectivity index (χ1n) is 6.44. The van der Waals surface area contributed by atoms with Gasteiger partial charge in [-0.15, -0.1) is 0 Å². The van der Waals surface area contributed by atoms with Gasteiger partial charge in [0, 0.05) is 0 Å². The summed E-state index contributed by atoms with van der Waals surface area (Å²) in [5.74, 6) is 1.65. The molecule has 2 aromatic rings. The molecule has 1 heterocycles.